The standard InChI is InChI=1S/C21H26N2O3/c1-15-5-6-17(13-16(15)2)21(24)23-11-9-22(10-12-23)18-7-8-19(25-3)20(14-18)26-4/h5-8,13-14H,9-12H2,1-4H3. The first-order valence-electron chi connectivity index (χ1n) is 8.87. The molecule has 3 rings (SSSR count). The minimum absolute atomic E-state index is 0.111. The lowest BCUT2D eigenvalue weighted by Crippen LogP contribution is -2.48. The molecule has 1 heterocycles. The fraction of sp³-hybridized carbons (Fsp3) is 0.381. The van der Waals surface area contributed by atoms with Crippen molar-refractivity contribution < 1.29 is 14.3 Å². The minimum atomic E-state index is 0.111. The van der Waals surface area contributed by atoms with E-state index in [9.17, 15) is 4.79 Å². The molecule has 2 aromatic rings. The number of benzene rings is 2. The van der Waals surface area contributed by atoms with Crippen LogP contribution in [0.1, 0.15) is 21.5 Å². The Morgan fingerprint density at radius 3 is 2.15 bits per heavy atom. The third-order valence-electron chi connectivity index (χ3n) is 5.05. The first-order valence-corrected chi connectivity index (χ1v) is 8.87. The molecule has 5 heteroatoms. The van der Waals surface area contributed by atoms with Crippen molar-refractivity contribution in [3.8, 4) is 11.5 Å². The van der Waals surface area contributed by atoms with Gasteiger partial charge in [-0.1, -0.05) is 6.07 Å². The zero-order valence-electron chi connectivity index (χ0n) is 15.9. The van der Waals surface area contributed by atoms with Crippen molar-refractivity contribution in [2.75, 3.05) is 45.3 Å². The van der Waals surface area contributed by atoms with Crippen LogP contribution in [0, 0.1) is 13.8 Å². The lowest BCUT2D eigenvalue weighted by Gasteiger charge is -2.36. The number of hydrogen-bond donors (Lipinski definition) is 0. The molecule has 0 aliphatic carbocycles. The number of aryl methyl sites for hydroxylation is 2. The zero-order valence-corrected chi connectivity index (χ0v) is 15.9. The van der Waals surface area contributed by atoms with Crippen molar-refractivity contribution in [3.63, 3.8) is 0 Å². The third-order valence-corrected chi connectivity index (χ3v) is 5.05. The highest BCUT2D eigenvalue weighted by atomic mass is 16.5. The number of amides is 1. The molecule has 26 heavy (non-hydrogen) atoms. The third kappa shape index (κ3) is 3.62. The summed E-state index contributed by atoms with van der Waals surface area (Å²) in [5.74, 6) is 1.55. The molecule has 5 nitrogen and oxygen atoms in total. The van der Waals surface area contributed by atoms with Crippen molar-refractivity contribution in [3.05, 3.63) is 53.1 Å². The van der Waals surface area contributed by atoms with Crippen LogP contribution in [0.2, 0.25) is 0 Å². The molecule has 0 unspecified atom stereocenters. The number of anilines is 1. The van der Waals surface area contributed by atoms with E-state index in [0.29, 0.717) is 13.1 Å². The molecular weight excluding hydrogens is 328 g/mol. The second-order valence-electron chi connectivity index (χ2n) is 6.62. The highest BCUT2D eigenvalue weighted by Gasteiger charge is 2.23. The Kier molecular flexibility index (Phi) is 5.35. The molecule has 0 bridgehead atoms. The Hall–Kier alpha value is -2.69. The topological polar surface area (TPSA) is 42.0 Å². The summed E-state index contributed by atoms with van der Waals surface area (Å²) in [6, 6.07) is 11.9. The molecule has 1 saturated heterocycles. The van der Waals surface area contributed by atoms with Crippen molar-refractivity contribution in [1.82, 2.24) is 4.90 Å². The molecule has 0 N–H and O–H groups in total. The fourth-order valence-corrected chi connectivity index (χ4v) is 3.25. The van der Waals surface area contributed by atoms with Gasteiger partial charge in [0.1, 0.15) is 0 Å². The normalized spacial score (nSPS) is 14.3. The zero-order chi connectivity index (χ0) is 18.7. The van der Waals surface area contributed by atoms with Crippen LogP contribution in [-0.2, 0) is 0 Å². The highest BCUT2D eigenvalue weighted by Crippen LogP contribution is 2.32. The number of ether oxygens (including phenoxy) is 2. The summed E-state index contributed by atoms with van der Waals surface area (Å²) in [6.45, 7) is 7.12. The smallest absolute Gasteiger partial charge is 0.253 e. The van der Waals surface area contributed by atoms with Crippen LogP contribution in [0.4, 0.5) is 5.69 Å². The van der Waals surface area contributed by atoms with Crippen LogP contribution in [-0.4, -0.2) is 51.2 Å². The first kappa shape index (κ1) is 18.1. The van der Waals surface area contributed by atoms with E-state index in [1.54, 1.807) is 14.2 Å². The average molecular weight is 354 g/mol. The molecule has 138 valence electrons. The number of methoxy groups -OCH3 is 2. The molecular formula is C21H26N2O3. The van der Waals surface area contributed by atoms with E-state index in [1.165, 1.54) is 5.56 Å². The van der Waals surface area contributed by atoms with Gasteiger partial charge in [-0.3, -0.25) is 4.79 Å². The van der Waals surface area contributed by atoms with Crippen LogP contribution in [0.15, 0.2) is 36.4 Å². The van der Waals surface area contributed by atoms with Gasteiger partial charge in [-0.25, -0.2) is 0 Å². The summed E-state index contributed by atoms with van der Waals surface area (Å²) in [4.78, 5) is 17.0. The van der Waals surface area contributed by atoms with E-state index in [0.717, 1.165) is 41.4 Å². The molecule has 1 aliphatic heterocycles. The van der Waals surface area contributed by atoms with Crippen LogP contribution in [0.3, 0.4) is 0 Å². The van der Waals surface area contributed by atoms with Crippen LogP contribution in [0.25, 0.3) is 0 Å². The summed E-state index contributed by atoms with van der Waals surface area (Å²) in [7, 11) is 3.27. The van der Waals surface area contributed by atoms with Crippen LogP contribution >= 0.6 is 0 Å². The second-order valence-corrected chi connectivity index (χ2v) is 6.62. The number of carbonyl (C=O) groups excluding carboxylic acids is 1. The van der Waals surface area contributed by atoms with Gasteiger partial charge in [0.05, 0.1) is 14.2 Å². The minimum Gasteiger partial charge on any atom is -0.493 e. The van der Waals surface area contributed by atoms with Gasteiger partial charge in [0.15, 0.2) is 11.5 Å². The van der Waals surface area contributed by atoms with Crippen molar-refractivity contribution in [1.29, 1.82) is 0 Å². The monoisotopic (exact) mass is 354 g/mol. The molecule has 0 spiro atoms. The van der Waals surface area contributed by atoms with Gasteiger partial charge in [-0.2, -0.15) is 0 Å². The van der Waals surface area contributed by atoms with E-state index in [1.807, 2.05) is 48.2 Å². The van der Waals surface area contributed by atoms with E-state index < -0.39 is 0 Å². The molecule has 0 saturated carbocycles. The summed E-state index contributed by atoms with van der Waals surface area (Å²) in [5.41, 5.74) is 4.22. The molecule has 0 radical (unpaired) electrons. The summed E-state index contributed by atoms with van der Waals surface area (Å²) < 4.78 is 10.7. The summed E-state index contributed by atoms with van der Waals surface area (Å²) >= 11 is 0. The number of nitrogens with zero attached hydrogens (tertiary/aromatic N) is 2. The van der Waals surface area contributed by atoms with Gasteiger partial charge < -0.3 is 19.3 Å². The highest BCUT2D eigenvalue weighted by molar-refractivity contribution is 5.94. The van der Waals surface area contributed by atoms with Crippen LogP contribution < -0.4 is 14.4 Å². The number of hydrogen-bond acceptors (Lipinski definition) is 4. The fourth-order valence-electron chi connectivity index (χ4n) is 3.25. The largest absolute Gasteiger partial charge is 0.493 e. The Morgan fingerprint density at radius 1 is 0.846 bits per heavy atom. The van der Waals surface area contributed by atoms with Gasteiger partial charge in [-0.15, -0.1) is 0 Å². The molecule has 1 amide bonds. The van der Waals surface area contributed by atoms with Gasteiger partial charge in [-0.05, 0) is 49.2 Å². The average Bonchev–Trinajstić information content (AvgIpc) is 2.69. The molecule has 1 fully saturated rings. The van der Waals surface area contributed by atoms with Crippen molar-refractivity contribution in [2.24, 2.45) is 0 Å². The second kappa shape index (κ2) is 7.68. The van der Waals surface area contributed by atoms with Gasteiger partial charge in [0, 0.05) is 43.5 Å². The summed E-state index contributed by atoms with van der Waals surface area (Å²) in [5, 5.41) is 0. The number of piperazine rings is 1. The lowest BCUT2D eigenvalue weighted by atomic mass is 10.1. The SMILES string of the molecule is COc1ccc(N2CCN(C(=O)c3ccc(C)c(C)c3)CC2)cc1OC. The lowest BCUT2D eigenvalue weighted by molar-refractivity contribution is 0.0746. The Morgan fingerprint density at radius 2 is 1.54 bits per heavy atom. The van der Waals surface area contributed by atoms with Gasteiger partial charge >= 0.3 is 0 Å². The van der Waals surface area contributed by atoms with E-state index >= 15 is 0 Å². The quantitative estimate of drug-likeness (QED) is 0.845. The number of rotatable bonds is 4. The van der Waals surface area contributed by atoms with E-state index in [-0.39, 0.29) is 5.91 Å². The number of carbonyl (C=O) groups is 1. The predicted octanol–water partition coefficient (Wildman–Crippen LogP) is 3.28. The Bertz CT molecular complexity index is 796. The molecule has 1 aliphatic rings. The molecule has 0 atom stereocenters. The maximum atomic E-state index is 12.8. The van der Waals surface area contributed by atoms with E-state index in [4.69, 9.17) is 9.47 Å². The maximum absolute atomic E-state index is 12.8. The Labute approximate surface area is 155 Å². The molecule has 2 aromatic carbocycles. The van der Waals surface area contributed by atoms with Crippen LogP contribution in [0.5, 0.6) is 11.5 Å². The van der Waals surface area contributed by atoms with Gasteiger partial charge in [0.25, 0.3) is 5.91 Å². The maximum Gasteiger partial charge on any atom is 0.253 e. The van der Waals surface area contributed by atoms with Crippen molar-refractivity contribution >= 4 is 11.6 Å². The van der Waals surface area contributed by atoms with Crippen molar-refractivity contribution in [2.45, 2.75) is 13.8 Å². The first-order chi connectivity index (χ1) is 12.5. The van der Waals surface area contributed by atoms with Gasteiger partial charge in [0.2, 0.25) is 0 Å². The predicted molar refractivity (Wildman–Crippen MR) is 104 cm³/mol. The van der Waals surface area contributed by atoms with E-state index in [2.05, 4.69) is 11.8 Å². The molecule has 0 aromatic heterocycles. The Balaban J connectivity index is 1.67. The summed E-state index contributed by atoms with van der Waals surface area (Å²) in [6.07, 6.45) is 0.